The van der Waals surface area contributed by atoms with Crippen LogP contribution in [-0.2, 0) is 11.8 Å². The highest BCUT2D eigenvalue weighted by Gasteiger charge is 2.21. The number of hydrogen-bond acceptors (Lipinski definition) is 3. The van der Waals surface area contributed by atoms with Gasteiger partial charge in [0.1, 0.15) is 5.69 Å². The highest BCUT2D eigenvalue weighted by atomic mass is 16.5. The Hall–Kier alpha value is -1.36. The van der Waals surface area contributed by atoms with E-state index in [-0.39, 0.29) is 5.91 Å². The third kappa shape index (κ3) is 2.02. The summed E-state index contributed by atoms with van der Waals surface area (Å²) in [7, 11) is 1.79. The number of nitrogens with zero attached hydrogens (tertiary/aromatic N) is 3. The Morgan fingerprint density at radius 1 is 1.47 bits per heavy atom. The van der Waals surface area contributed by atoms with Crippen LogP contribution < -0.4 is 0 Å². The van der Waals surface area contributed by atoms with Crippen LogP contribution in [-0.4, -0.2) is 46.9 Å². The van der Waals surface area contributed by atoms with Gasteiger partial charge in [0.15, 0.2) is 0 Å². The van der Waals surface area contributed by atoms with Gasteiger partial charge in [0.25, 0.3) is 5.91 Å². The topological polar surface area (TPSA) is 47.4 Å². The molecule has 1 fully saturated rings. The van der Waals surface area contributed by atoms with E-state index in [2.05, 4.69) is 5.10 Å². The lowest BCUT2D eigenvalue weighted by molar-refractivity contribution is 0.0295. The van der Waals surface area contributed by atoms with Crippen molar-refractivity contribution in [2.24, 2.45) is 7.05 Å². The zero-order valence-corrected chi connectivity index (χ0v) is 9.06. The summed E-state index contributed by atoms with van der Waals surface area (Å²) in [5.41, 5.74) is 1.52. The van der Waals surface area contributed by atoms with Gasteiger partial charge < -0.3 is 9.64 Å². The van der Waals surface area contributed by atoms with Gasteiger partial charge in [-0.3, -0.25) is 9.48 Å². The van der Waals surface area contributed by atoms with Crippen LogP contribution in [0.15, 0.2) is 6.07 Å². The molecular weight excluding hydrogens is 194 g/mol. The largest absolute Gasteiger partial charge is 0.378 e. The maximum absolute atomic E-state index is 12.0. The molecule has 0 N–H and O–H groups in total. The number of hydrogen-bond donors (Lipinski definition) is 0. The fraction of sp³-hybridized carbons (Fsp3) is 0.600. The van der Waals surface area contributed by atoms with Crippen molar-refractivity contribution in [2.75, 3.05) is 26.3 Å². The minimum atomic E-state index is 0.0430. The number of morpholine rings is 1. The van der Waals surface area contributed by atoms with E-state index in [0.29, 0.717) is 32.0 Å². The molecule has 5 heteroatoms. The highest BCUT2D eigenvalue weighted by molar-refractivity contribution is 5.92. The fourth-order valence-corrected chi connectivity index (χ4v) is 1.74. The van der Waals surface area contributed by atoms with Gasteiger partial charge in [-0.2, -0.15) is 5.10 Å². The SMILES string of the molecule is Cc1cc(C(=O)N2CCOCC2)n(C)n1. The normalized spacial score (nSPS) is 16.8. The molecule has 5 nitrogen and oxygen atoms in total. The van der Waals surface area contributed by atoms with Gasteiger partial charge in [0.05, 0.1) is 18.9 Å². The Kier molecular flexibility index (Phi) is 2.73. The second kappa shape index (κ2) is 4.02. The molecule has 0 spiro atoms. The number of carbonyl (C=O) groups excluding carboxylic acids is 1. The molecule has 0 bridgehead atoms. The van der Waals surface area contributed by atoms with Crippen LogP contribution in [0.5, 0.6) is 0 Å². The van der Waals surface area contributed by atoms with Gasteiger partial charge in [-0.15, -0.1) is 0 Å². The Morgan fingerprint density at radius 2 is 2.13 bits per heavy atom. The first kappa shape index (κ1) is 10.2. The van der Waals surface area contributed by atoms with Crippen LogP contribution >= 0.6 is 0 Å². The van der Waals surface area contributed by atoms with Crippen LogP contribution in [0.1, 0.15) is 16.2 Å². The van der Waals surface area contributed by atoms with E-state index in [0.717, 1.165) is 5.69 Å². The van der Waals surface area contributed by atoms with Crippen LogP contribution in [0.3, 0.4) is 0 Å². The van der Waals surface area contributed by atoms with Gasteiger partial charge in [-0.05, 0) is 13.0 Å². The molecule has 0 atom stereocenters. The molecule has 0 unspecified atom stereocenters. The molecule has 0 radical (unpaired) electrons. The molecule has 1 aromatic heterocycles. The Bertz CT molecular complexity index is 367. The van der Waals surface area contributed by atoms with Crippen molar-refractivity contribution in [3.8, 4) is 0 Å². The van der Waals surface area contributed by atoms with E-state index in [9.17, 15) is 4.79 Å². The zero-order valence-electron chi connectivity index (χ0n) is 9.06. The summed E-state index contributed by atoms with van der Waals surface area (Å²) < 4.78 is 6.84. The van der Waals surface area contributed by atoms with E-state index in [1.54, 1.807) is 16.6 Å². The number of carbonyl (C=O) groups is 1. The Morgan fingerprint density at radius 3 is 2.67 bits per heavy atom. The zero-order chi connectivity index (χ0) is 10.8. The third-order valence-corrected chi connectivity index (χ3v) is 2.52. The summed E-state index contributed by atoms with van der Waals surface area (Å²) in [6.45, 7) is 4.48. The van der Waals surface area contributed by atoms with Crippen LogP contribution in [0.25, 0.3) is 0 Å². The molecule has 0 aliphatic carbocycles. The quantitative estimate of drug-likeness (QED) is 0.664. The average Bonchev–Trinajstić information content (AvgIpc) is 2.58. The Labute approximate surface area is 88.6 Å². The summed E-state index contributed by atoms with van der Waals surface area (Å²) in [6, 6.07) is 1.82. The van der Waals surface area contributed by atoms with Gasteiger partial charge >= 0.3 is 0 Å². The van der Waals surface area contributed by atoms with Gasteiger partial charge in [0.2, 0.25) is 0 Å². The first-order valence-corrected chi connectivity index (χ1v) is 5.06. The molecule has 2 heterocycles. The molecule has 1 aliphatic rings. The molecule has 15 heavy (non-hydrogen) atoms. The standard InChI is InChI=1S/C10H15N3O2/c1-8-7-9(12(2)11-8)10(14)13-3-5-15-6-4-13/h7H,3-6H2,1-2H3. The lowest BCUT2D eigenvalue weighted by Gasteiger charge is -2.26. The van der Waals surface area contributed by atoms with E-state index >= 15 is 0 Å². The lowest BCUT2D eigenvalue weighted by Crippen LogP contribution is -2.41. The first-order valence-electron chi connectivity index (χ1n) is 5.06. The van der Waals surface area contributed by atoms with Crippen molar-refractivity contribution in [2.45, 2.75) is 6.92 Å². The molecular formula is C10H15N3O2. The fourth-order valence-electron chi connectivity index (χ4n) is 1.74. The van der Waals surface area contributed by atoms with Crippen molar-refractivity contribution < 1.29 is 9.53 Å². The van der Waals surface area contributed by atoms with E-state index < -0.39 is 0 Å². The van der Waals surface area contributed by atoms with Crippen LogP contribution in [0.4, 0.5) is 0 Å². The third-order valence-electron chi connectivity index (χ3n) is 2.52. The summed E-state index contributed by atoms with van der Waals surface area (Å²) >= 11 is 0. The predicted octanol–water partition coefficient (Wildman–Crippen LogP) is 0.201. The van der Waals surface area contributed by atoms with Crippen LogP contribution in [0.2, 0.25) is 0 Å². The van der Waals surface area contributed by atoms with Crippen molar-refractivity contribution in [1.29, 1.82) is 0 Å². The minimum absolute atomic E-state index is 0.0430. The number of aromatic nitrogens is 2. The monoisotopic (exact) mass is 209 g/mol. The summed E-state index contributed by atoms with van der Waals surface area (Å²) in [5.74, 6) is 0.0430. The van der Waals surface area contributed by atoms with Crippen molar-refractivity contribution in [3.05, 3.63) is 17.5 Å². The predicted molar refractivity (Wildman–Crippen MR) is 54.7 cm³/mol. The summed E-state index contributed by atoms with van der Waals surface area (Å²) in [4.78, 5) is 13.8. The van der Waals surface area contributed by atoms with E-state index in [1.165, 1.54) is 0 Å². The first-order chi connectivity index (χ1) is 7.18. The highest BCUT2D eigenvalue weighted by Crippen LogP contribution is 2.08. The van der Waals surface area contributed by atoms with Crippen LogP contribution in [0, 0.1) is 6.92 Å². The van der Waals surface area contributed by atoms with Gasteiger partial charge in [-0.1, -0.05) is 0 Å². The molecule has 1 saturated heterocycles. The van der Waals surface area contributed by atoms with E-state index in [4.69, 9.17) is 4.74 Å². The average molecular weight is 209 g/mol. The Balaban J connectivity index is 2.16. The minimum Gasteiger partial charge on any atom is -0.378 e. The van der Waals surface area contributed by atoms with Crippen molar-refractivity contribution >= 4 is 5.91 Å². The maximum Gasteiger partial charge on any atom is 0.272 e. The number of rotatable bonds is 1. The molecule has 82 valence electrons. The van der Waals surface area contributed by atoms with Gasteiger partial charge in [-0.25, -0.2) is 0 Å². The molecule has 1 amide bonds. The number of ether oxygens (including phenoxy) is 1. The van der Waals surface area contributed by atoms with Crippen molar-refractivity contribution in [1.82, 2.24) is 14.7 Å². The molecule has 2 rings (SSSR count). The smallest absolute Gasteiger partial charge is 0.272 e. The summed E-state index contributed by atoms with van der Waals surface area (Å²) in [6.07, 6.45) is 0. The second-order valence-corrected chi connectivity index (χ2v) is 3.70. The van der Waals surface area contributed by atoms with Gasteiger partial charge in [0, 0.05) is 20.1 Å². The maximum atomic E-state index is 12.0. The summed E-state index contributed by atoms with van der Waals surface area (Å²) in [5, 5.41) is 4.16. The number of amides is 1. The molecule has 0 saturated carbocycles. The molecule has 1 aromatic rings. The van der Waals surface area contributed by atoms with Crippen molar-refractivity contribution in [3.63, 3.8) is 0 Å². The van der Waals surface area contributed by atoms with E-state index in [1.807, 2.05) is 13.0 Å². The molecule has 0 aromatic carbocycles. The second-order valence-electron chi connectivity index (χ2n) is 3.70. The number of aryl methyl sites for hydroxylation is 2. The molecule has 1 aliphatic heterocycles. The lowest BCUT2D eigenvalue weighted by atomic mass is 10.3.